The van der Waals surface area contributed by atoms with E-state index in [4.69, 9.17) is 16.3 Å². The van der Waals surface area contributed by atoms with Crippen molar-refractivity contribution in [1.82, 2.24) is 4.90 Å². The number of thioether (sulfide) groups is 1. The van der Waals surface area contributed by atoms with Crippen LogP contribution in [0, 0.1) is 0 Å². The number of rotatable bonds is 5. The van der Waals surface area contributed by atoms with E-state index in [1.54, 1.807) is 19.2 Å². The third-order valence-corrected chi connectivity index (χ3v) is 5.07. The predicted octanol–water partition coefficient (Wildman–Crippen LogP) is 3.70. The fourth-order valence-corrected chi connectivity index (χ4v) is 4.33. The quantitative estimate of drug-likeness (QED) is 0.782. The molecule has 0 aromatic heterocycles. The molecule has 0 N–H and O–H groups in total. The molecule has 1 aliphatic rings. The second-order valence-electron chi connectivity index (χ2n) is 4.67. The number of halogens is 2. The molecule has 0 aliphatic carbocycles. The van der Waals surface area contributed by atoms with Gasteiger partial charge in [-0.1, -0.05) is 27.5 Å². The minimum absolute atomic E-state index is 0.0257. The lowest BCUT2D eigenvalue weighted by Crippen LogP contribution is -2.42. The second-order valence-corrected chi connectivity index (χ2v) is 7.17. The predicted molar refractivity (Wildman–Crippen MR) is 87.8 cm³/mol. The standard InChI is InChI=1S/C14H17BrClNO2S/c1-19-4-3-17(13-2-5-20-9-13)14(18)10-6-11(15)8-12(16)7-10/h6-8,13H,2-5,9H2,1H3. The zero-order chi connectivity index (χ0) is 14.5. The summed E-state index contributed by atoms with van der Waals surface area (Å²) >= 11 is 11.3. The molecule has 1 fully saturated rings. The van der Waals surface area contributed by atoms with Gasteiger partial charge in [-0.05, 0) is 30.4 Å². The second kappa shape index (κ2) is 7.69. The summed E-state index contributed by atoms with van der Waals surface area (Å²) in [6.45, 7) is 1.17. The van der Waals surface area contributed by atoms with E-state index in [1.807, 2.05) is 22.7 Å². The summed E-state index contributed by atoms with van der Waals surface area (Å²) in [4.78, 5) is 14.6. The normalized spacial score (nSPS) is 18.2. The number of amides is 1. The molecule has 1 aromatic rings. The van der Waals surface area contributed by atoms with Gasteiger partial charge in [-0.3, -0.25) is 4.79 Å². The third-order valence-electron chi connectivity index (χ3n) is 3.25. The van der Waals surface area contributed by atoms with Crippen LogP contribution in [0.4, 0.5) is 0 Å². The first-order valence-corrected chi connectivity index (χ1v) is 8.78. The zero-order valence-corrected chi connectivity index (χ0v) is 14.4. The summed E-state index contributed by atoms with van der Waals surface area (Å²) in [5.41, 5.74) is 0.623. The summed E-state index contributed by atoms with van der Waals surface area (Å²) in [6, 6.07) is 5.61. The maximum Gasteiger partial charge on any atom is 0.254 e. The topological polar surface area (TPSA) is 29.5 Å². The molecule has 6 heteroatoms. The smallest absolute Gasteiger partial charge is 0.254 e. The molecule has 0 bridgehead atoms. The van der Waals surface area contributed by atoms with Crippen LogP contribution in [0.5, 0.6) is 0 Å². The van der Waals surface area contributed by atoms with Crippen molar-refractivity contribution >= 4 is 45.2 Å². The molecular weight excluding hydrogens is 362 g/mol. The zero-order valence-electron chi connectivity index (χ0n) is 11.3. The number of ether oxygens (including phenoxy) is 1. The average molecular weight is 379 g/mol. The van der Waals surface area contributed by atoms with Gasteiger partial charge in [0.05, 0.1) is 6.61 Å². The monoisotopic (exact) mass is 377 g/mol. The Labute approximate surface area is 137 Å². The molecule has 3 nitrogen and oxygen atoms in total. The number of carbonyl (C=O) groups is 1. The van der Waals surface area contributed by atoms with Crippen molar-refractivity contribution < 1.29 is 9.53 Å². The van der Waals surface area contributed by atoms with E-state index in [9.17, 15) is 4.79 Å². The molecule has 0 radical (unpaired) electrons. The van der Waals surface area contributed by atoms with Crippen molar-refractivity contribution in [3.05, 3.63) is 33.3 Å². The van der Waals surface area contributed by atoms with E-state index in [0.717, 1.165) is 22.4 Å². The number of carbonyl (C=O) groups excluding carboxylic acids is 1. The third kappa shape index (κ3) is 4.13. The number of nitrogens with zero attached hydrogens (tertiary/aromatic N) is 1. The fraction of sp³-hybridized carbons (Fsp3) is 0.500. The van der Waals surface area contributed by atoms with Crippen LogP contribution >= 0.6 is 39.3 Å². The van der Waals surface area contributed by atoms with Gasteiger partial charge in [0.25, 0.3) is 5.91 Å². The maximum absolute atomic E-state index is 12.7. The summed E-state index contributed by atoms with van der Waals surface area (Å²) in [6.07, 6.45) is 1.04. The van der Waals surface area contributed by atoms with E-state index in [2.05, 4.69) is 15.9 Å². The van der Waals surface area contributed by atoms with Crippen LogP contribution in [-0.4, -0.2) is 48.6 Å². The molecule has 1 aliphatic heterocycles. The highest BCUT2D eigenvalue weighted by Gasteiger charge is 2.27. The fourth-order valence-electron chi connectivity index (χ4n) is 2.25. The van der Waals surface area contributed by atoms with Crippen molar-refractivity contribution in [3.63, 3.8) is 0 Å². The van der Waals surface area contributed by atoms with Gasteiger partial charge < -0.3 is 9.64 Å². The highest BCUT2D eigenvalue weighted by Crippen LogP contribution is 2.26. The largest absolute Gasteiger partial charge is 0.383 e. The number of benzene rings is 1. The van der Waals surface area contributed by atoms with E-state index in [-0.39, 0.29) is 5.91 Å². The summed E-state index contributed by atoms with van der Waals surface area (Å²) < 4.78 is 5.95. The molecule has 2 rings (SSSR count). The SMILES string of the molecule is COCCN(C(=O)c1cc(Cl)cc(Br)c1)C1CCSC1. The van der Waals surface area contributed by atoms with Crippen molar-refractivity contribution in [1.29, 1.82) is 0 Å². The van der Waals surface area contributed by atoms with Crippen LogP contribution in [0.1, 0.15) is 16.8 Å². The van der Waals surface area contributed by atoms with Crippen molar-refractivity contribution in [2.24, 2.45) is 0 Å². The summed E-state index contributed by atoms with van der Waals surface area (Å²) in [5, 5.41) is 0.565. The van der Waals surface area contributed by atoms with Crippen molar-refractivity contribution in [2.75, 3.05) is 31.8 Å². The van der Waals surface area contributed by atoms with Crippen LogP contribution in [0.15, 0.2) is 22.7 Å². The lowest BCUT2D eigenvalue weighted by atomic mass is 10.1. The van der Waals surface area contributed by atoms with Gasteiger partial charge in [0.2, 0.25) is 0 Å². The first kappa shape index (κ1) is 16.1. The van der Waals surface area contributed by atoms with Crippen LogP contribution < -0.4 is 0 Å². The first-order valence-electron chi connectivity index (χ1n) is 6.45. The minimum Gasteiger partial charge on any atom is -0.383 e. The molecule has 20 heavy (non-hydrogen) atoms. The summed E-state index contributed by atoms with van der Waals surface area (Å²) in [5.74, 6) is 2.13. The van der Waals surface area contributed by atoms with Gasteiger partial charge in [0.1, 0.15) is 0 Å². The average Bonchev–Trinajstić information content (AvgIpc) is 2.91. The van der Waals surface area contributed by atoms with Gasteiger partial charge in [0.15, 0.2) is 0 Å². The van der Waals surface area contributed by atoms with E-state index >= 15 is 0 Å². The van der Waals surface area contributed by atoms with Crippen LogP contribution in [0.2, 0.25) is 5.02 Å². The van der Waals surface area contributed by atoms with E-state index in [1.165, 1.54) is 0 Å². The van der Waals surface area contributed by atoms with Crippen LogP contribution in [0.3, 0.4) is 0 Å². The Hall–Kier alpha value is -0.230. The number of methoxy groups -OCH3 is 1. The highest BCUT2D eigenvalue weighted by atomic mass is 79.9. The molecule has 1 amide bonds. The highest BCUT2D eigenvalue weighted by molar-refractivity contribution is 9.10. The Bertz CT molecular complexity index is 460. The van der Waals surface area contributed by atoms with Gasteiger partial charge in [-0.2, -0.15) is 11.8 Å². The summed E-state index contributed by atoms with van der Waals surface area (Å²) in [7, 11) is 1.65. The van der Waals surface area contributed by atoms with Crippen molar-refractivity contribution in [2.45, 2.75) is 12.5 Å². The molecular formula is C14H17BrClNO2S. The molecule has 1 saturated heterocycles. The molecule has 0 saturated carbocycles. The molecule has 1 heterocycles. The van der Waals surface area contributed by atoms with Gasteiger partial charge >= 0.3 is 0 Å². The van der Waals surface area contributed by atoms with E-state index in [0.29, 0.717) is 29.8 Å². The van der Waals surface area contributed by atoms with Crippen LogP contribution in [0.25, 0.3) is 0 Å². The van der Waals surface area contributed by atoms with E-state index < -0.39 is 0 Å². The Morgan fingerprint density at radius 2 is 2.35 bits per heavy atom. The first-order chi connectivity index (χ1) is 9.61. The lowest BCUT2D eigenvalue weighted by molar-refractivity contribution is 0.0624. The van der Waals surface area contributed by atoms with Gasteiger partial charge in [-0.15, -0.1) is 0 Å². The van der Waals surface area contributed by atoms with Crippen molar-refractivity contribution in [3.8, 4) is 0 Å². The van der Waals surface area contributed by atoms with Crippen LogP contribution in [-0.2, 0) is 4.74 Å². The lowest BCUT2D eigenvalue weighted by Gasteiger charge is -2.28. The number of hydrogen-bond donors (Lipinski definition) is 0. The Kier molecular flexibility index (Phi) is 6.20. The molecule has 110 valence electrons. The van der Waals surface area contributed by atoms with Gasteiger partial charge in [-0.25, -0.2) is 0 Å². The minimum atomic E-state index is 0.0257. The Morgan fingerprint density at radius 1 is 1.55 bits per heavy atom. The Balaban J connectivity index is 2.19. The Morgan fingerprint density at radius 3 is 2.95 bits per heavy atom. The van der Waals surface area contributed by atoms with Gasteiger partial charge in [0, 0.05) is 40.5 Å². The molecule has 1 atom stereocenters. The maximum atomic E-state index is 12.7. The molecule has 1 unspecified atom stereocenters. The molecule has 1 aromatic carbocycles. The molecule has 0 spiro atoms. The number of hydrogen-bond acceptors (Lipinski definition) is 3.